The summed E-state index contributed by atoms with van der Waals surface area (Å²) < 4.78 is 13.6. The van der Waals surface area contributed by atoms with E-state index in [4.69, 9.17) is 9.26 Å². The number of nitrogens with zero attached hydrogens (tertiary/aromatic N) is 2. The van der Waals surface area contributed by atoms with Crippen molar-refractivity contribution in [2.24, 2.45) is 0 Å². The number of aryl methyl sites for hydroxylation is 2. The van der Waals surface area contributed by atoms with Gasteiger partial charge in [-0.15, -0.1) is 0 Å². The van der Waals surface area contributed by atoms with Crippen LogP contribution in [0.2, 0.25) is 0 Å². The van der Waals surface area contributed by atoms with Crippen LogP contribution in [0.3, 0.4) is 0 Å². The highest BCUT2D eigenvalue weighted by Gasteiger charge is 2.33. The van der Waals surface area contributed by atoms with Gasteiger partial charge < -0.3 is 9.26 Å². The van der Waals surface area contributed by atoms with Gasteiger partial charge in [-0.3, -0.25) is 0 Å². The molecule has 0 spiro atoms. The lowest BCUT2D eigenvalue weighted by molar-refractivity contribution is 0.0536. The van der Waals surface area contributed by atoms with Crippen LogP contribution in [0.25, 0.3) is 11.3 Å². The fourth-order valence-electron chi connectivity index (χ4n) is 3.14. The Kier molecular flexibility index (Phi) is 3.91. The number of fused-ring (bicyclic) bond motifs is 1. The number of carbonyl (C=O) groups excluding carboxylic acids is 1. The number of hydrogen-bond acceptors (Lipinski definition) is 4. The molecular weight excluding hydrogens is 360 g/mol. The number of hydrogen-bond donors (Lipinski definition) is 0. The van der Waals surface area contributed by atoms with Gasteiger partial charge in [-0.1, -0.05) is 5.16 Å². The Balaban J connectivity index is 2.22. The lowest BCUT2D eigenvalue weighted by Crippen LogP contribution is -2.28. The van der Waals surface area contributed by atoms with Gasteiger partial charge in [-0.2, -0.15) is 0 Å². The topological polar surface area (TPSA) is 57.3 Å². The summed E-state index contributed by atoms with van der Waals surface area (Å²) in [5, 5.41) is 4.03. The minimum absolute atomic E-state index is 0.351. The molecule has 0 amide bonds. The number of rotatable bonds is 1. The van der Waals surface area contributed by atoms with E-state index in [1.165, 1.54) is 5.56 Å². The summed E-state index contributed by atoms with van der Waals surface area (Å²) in [4.78, 5) is 12.8. The van der Waals surface area contributed by atoms with Gasteiger partial charge in [0, 0.05) is 10.2 Å². The quantitative estimate of drug-likeness (QED) is 0.713. The van der Waals surface area contributed by atoms with Crippen LogP contribution >= 0.6 is 15.9 Å². The zero-order chi connectivity index (χ0) is 16.9. The normalized spacial score (nSPS) is 14.2. The molecule has 124 valence electrons. The summed E-state index contributed by atoms with van der Waals surface area (Å²) in [6.07, 6.45) is 2.53. The molecule has 1 aliphatic rings. The Labute approximate surface area is 144 Å². The molecule has 0 saturated carbocycles. The molecule has 0 saturated heterocycles. The molecule has 6 heteroatoms. The number of halogens is 1. The van der Waals surface area contributed by atoms with Crippen LogP contribution < -0.4 is 0 Å². The van der Waals surface area contributed by atoms with E-state index in [0.717, 1.165) is 46.4 Å². The minimum atomic E-state index is -0.546. The van der Waals surface area contributed by atoms with Gasteiger partial charge >= 0.3 is 6.09 Å². The van der Waals surface area contributed by atoms with Crippen molar-refractivity contribution in [3.05, 3.63) is 27.2 Å². The average Bonchev–Trinajstić information content (AvgIpc) is 3.06. The fourth-order valence-corrected chi connectivity index (χ4v) is 3.94. The van der Waals surface area contributed by atoms with E-state index >= 15 is 0 Å². The molecule has 5 nitrogen and oxygen atoms in total. The standard InChI is InChI=1S/C17H21BrN2O3/c1-9-13(10(2)23-19-9)15-14(18)11-7-6-8-12(11)20(15)16(21)22-17(3,4)5/h6-8H2,1-5H3. The van der Waals surface area contributed by atoms with Crippen LogP contribution in [-0.4, -0.2) is 21.4 Å². The second-order valence-electron chi connectivity index (χ2n) is 6.96. The monoisotopic (exact) mass is 380 g/mol. The van der Waals surface area contributed by atoms with E-state index in [9.17, 15) is 4.79 Å². The van der Waals surface area contributed by atoms with Gasteiger partial charge in [-0.05, 0) is 75.4 Å². The summed E-state index contributed by atoms with van der Waals surface area (Å²) in [7, 11) is 0. The molecule has 0 fully saturated rings. The number of aromatic nitrogens is 2. The zero-order valence-electron chi connectivity index (χ0n) is 14.1. The Morgan fingerprint density at radius 2 is 2.00 bits per heavy atom. The Morgan fingerprint density at radius 1 is 1.30 bits per heavy atom. The predicted octanol–water partition coefficient (Wildman–Crippen LogP) is 4.79. The first-order valence-electron chi connectivity index (χ1n) is 7.79. The summed E-state index contributed by atoms with van der Waals surface area (Å²) in [6, 6.07) is 0. The second-order valence-corrected chi connectivity index (χ2v) is 7.75. The van der Waals surface area contributed by atoms with Crippen molar-refractivity contribution in [2.45, 2.75) is 59.5 Å². The molecule has 2 heterocycles. The van der Waals surface area contributed by atoms with Crippen LogP contribution in [0.5, 0.6) is 0 Å². The Hall–Kier alpha value is -1.56. The van der Waals surface area contributed by atoms with E-state index in [0.29, 0.717) is 5.76 Å². The summed E-state index contributed by atoms with van der Waals surface area (Å²) in [6.45, 7) is 9.37. The summed E-state index contributed by atoms with van der Waals surface area (Å²) >= 11 is 3.69. The molecule has 23 heavy (non-hydrogen) atoms. The predicted molar refractivity (Wildman–Crippen MR) is 90.8 cm³/mol. The zero-order valence-corrected chi connectivity index (χ0v) is 15.7. The number of ether oxygens (including phenoxy) is 1. The third-order valence-corrected chi connectivity index (χ3v) is 4.86. The molecular formula is C17H21BrN2O3. The molecule has 0 radical (unpaired) electrons. The van der Waals surface area contributed by atoms with Gasteiger partial charge in [0.2, 0.25) is 0 Å². The van der Waals surface area contributed by atoms with Crippen molar-refractivity contribution in [1.82, 2.24) is 9.72 Å². The van der Waals surface area contributed by atoms with Crippen molar-refractivity contribution in [3.8, 4) is 11.3 Å². The van der Waals surface area contributed by atoms with Gasteiger partial charge in [0.25, 0.3) is 0 Å². The maximum atomic E-state index is 12.8. The van der Waals surface area contributed by atoms with Gasteiger partial charge in [0.05, 0.1) is 17.0 Å². The summed E-state index contributed by atoms with van der Waals surface area (Å²) in [5.41, 5.74) is 4.09. The Bertz CT molecular complexity index is 761. The fraction of sp³-hybridized carbons (Fsp3) is 0.529. The second kappa shape index (κ2) is 5.51. The third kappa shape index (κ3) is 2.73. The Morgan fingerprint density at radius 3 is 2.57 bits per heavy atom. The average molecular weight is 381 g/mol. The van der Waals surface area contributed by atoms with E-state index in [1.807, 2.05) is 34.6 Å². The molecule has 0 bridgehead atoms. The van der Waals surface area contributed by atoms with Crippen LogP contribution in [0, 0.1) is 13.8 Å². The SMILES string of the molecule is Cc1noc(C)c1-c1c(Br)c2c(n1C(=O)OC(C)(C)C)CCC2. The first kappa shape index (κ1) is 16.3. The molecule has 2 aromatic rings. The van der Waals surface area contributed by atoms with Gasteiger partial charge in [-0.25, -0.2) is 9.36 Å². The minimum Gasteiger partial charge on any atom is -0.443 e. The highest BCUT2D eigenvalue weighted by molar-refractivity contribution is 9.10. The van der Waals surface area contributed by atoms with Gasteiger partial charge in [0.15, 0.2) is 0 Å². The van der Waals surface area contributed by atoms with Crippen molar-refractivity contribution >= 4 is 22.0 Å². The van der Waals surface area contributed by atoms with Crippen molar-refractivity contribution < 1.29 is 14.1 Å². The molecule has 1 aliphatic carbocycles. The van der Waals surface area contributed by atoms with Crippen LogP contribution in [-0.2, 0) is 17.6 Å². The first-order chi connectivity index (χ1) is 10.7. The van der Waals surface area contributed by atoms with E-state index in [-0.39, 0.29) is 6.09 Å². The lowest BCUT2D eigenvalue weighted by Gasteiger charge is -2.21. The third-order valence-electron chi connectivity index (χ3n) is 4.00. The smallest absolute Gasteiger partial charge is 0.419 e. The highest BCUT2D eigenvalue weighted by atomic mass is 79.9. The molecule has 3 rings (SSSR count). The van der Waals surface area contributed by atoms with Crippen LogP contribution in [0.1, 0.15) is 49.9 Å². The molecule has 0 atom stereocenters. The van der Waals surface area contributed by atoms with E-state index < -0.39 is 5.60 Å². The molecule has 0 aromatic carbocycles. The molecule has 0 aliphatic heterocycles. The van der Waals surface area contributed by atoms with Crippen molar-refractivity contribution in [3.63, 3.8) is 0 Å². The maximum absolute atomic E-state index is 12.8. The first-order valence-corrected chi connectivity index (χ1v) is 8.58. The van der Waals surface area contributed by atoms with E-state index in [1.54, 1.807) is 4.57 Å². The lowest BCUT2D eigenvalue weighted by atomic mass is 10.1. The largest absolute Gasteiger partial charge is 0.443 e. The molecule has 2 aromatic heterocycles. The summed E-state index contributed by atoms with van der Waals surface area (Å²) in [5.74, 6) is 0.698. The van der Waals surface area contributed by atoms with Gasteiger partial charge in [0.1, 0.15) is 11.4 Å². The maximum Gasteiger partial charge on any atom is 0.419 e. The molecule has 0 N–H and O–H groups in total. The van der Waals surface area contributed by atoms with Crippen molar-refractivity contribution in [1.29, 1.82) is 0 Å². The van der Waals surface area contributed by atoms with Crippen molar-refractivity contribution in [2.75, 3.05) is 0 Å². The van der Waals surface area contributed by atoms with Crippen LogP contribution in [0.4, 0.5) is 4.79 Å². The van der Waals surface area contributed by atoms with Crippen LogP contribution in [0.15, 0.2) is 9.00 Å². The molecule has 0 unspecified atom stereocenters. The highest BCUT2D eigenvalue weighted by Crippen LogP contribution is 2.42. The number of carbonyl (C=O) groups is 1. The van der Waals surface area contributed by atoms with E-state index in [2.05, 4.69) is 21.1 Å².